The van der Waals surface area contributed by atoms with Crippen LogP contribution in [0.4, 0.5) is 0 Å². The zero-order valence-electron chi connectivity index (χ0n) is 18.4. The number of rotatable bonds is 2. The minimum atomic E-state index is -0.732. The van der Waals surface area contributed by atoms with Gasteiger partial charge in [0.25, 0.3) is 0 Å². The van der Waals surface area contributed by atoms with Crippen molar-refractivity contribution in [3.63, 3.8) is 0 Å². The molecule has 0 radical (unpaired) electrons. The van der Waals surface area contributed by atoms with E-state index in [9.17, 15) is 10.1 Å². The molecule has 4 nitrogen and oxygen atoms in total. The van der Waals surface area contributed by atoms with Crippen LogP contribution in [0.3, 0.4) is 0 Å². The number of likely N-dealkylation sites (tertiary alicyclic amines) is 1. The van der Waals surface area contributed by atoms with Gasteiger partial charge in [-0.2, -0.15) is 5.26 Å². The minimum absolute atomic E-state index is 0.0293. The quantitative estimate of drug-likeness (QED) is 0.589. The third-order valence-electron chi connectivity index (χ3n) is 6.84. The Morgan fingerprint density at radius 1 is 1.12 bits per heavy atom. The molecule has 1 atom stereocenters. The van der Waals surface area contributed by atoms with Gasteiger partial charge in [-0.25, -0.2) is 0 Å². The Hall–Kier alpha value is -3.84. The molecule has 0 aromatic heterocycles. The second-order valence-corrected chi connectivity index (χ2v) is 8.92. The second-order valence-electron chi connectivity index (χ2n) is 8.92. The molecule has 5 rings (SSSR count). The molecule has 1 spiro atoms. The van der Waals surface area contributed by atoms with Gasteiger partial charge >= 0.3 is 0 Å². The summed E-state index contributed by atoms with van der Waals surface area (Å²) in [6.07, 6.45) is 11.0. The number of carbonyl (C=O) groups is 1. The molecule has 1 aliphatic carbocycles. The van der Waals surface area contributed by atoms with Crippen molar-refractivity contribution in [1.82, 2.24) is 4.90 Å². The predicted molar refractivity (Wildman–Crippen MR) is 125 cm³/mol. The van der Waals surface area contributed by atoms with Crippen LogP contribution >= 0.6 is 0 Å². The fourth-order valence-corrected chi connectivity index (χ4v) is 4.98. The fraction of sp³-hybridized carbons (Fsp3) is 0.214. The monoisotopic (exact) mass is 420 g/mol. The minimum Gasteiger partial charge on any atom is -0.463 e. The van der Waals surface area contributed by atoms with E-state index in [1.54, 1.807) is 6.07 Å². The first-order valence-electron chi connectivity index (χ1n) is 10.8. The molecule has 2 aromatic carbocycles. The molecular weight excluding hydrogens is 396 g/mol. The summed E-state index contributed by atoms with van der Waals surface area (Å²) in [6, 6.07) is 17.1. The van der Waals surface area contributed by atoms with Crippen molar-refractivity contribution >= 4 is 11.9 Å². The molecule has 158 valence electrons. The first kappa shape index (κ1) is 20.1. The number of hydrogen-bond acceptors (Lipinski definition) is 4. The third kappa shape index (κ3) is 2.78. The number of Topliss-reactive ketones (excluding diaryl/α,β-unsaturated/α-hetero) is 1. The highest BCUT2D eigenvalue weighted by atomic mass is 16.5. The van der Waals surface area contributed by atoms with Gasteiger partial charge in [-0.1, -0.05) is 42.5 Å². The maximum Gasteiger partial charge on any atom is 0.211 e. The van der Waals surface area contributed by atoms with Crippen molar-refractivity contribution in [3.05, 3.63) is 106 Å². The summed E-state index contributed by atoms with van der Waals surface area (Å²) in [5.41, 5.74) is 3.88. The SMILES string of the molecule is CN1C2=CCC=C(C(=O)c3ccccc3)C=C2C(C)(C)C12C=Cc1cc(C#N)ccc1O2. The van der Waals surface area contributed by atoms with Gasteiger partial charge in [0.05, 0.1) is 17.0 Å². The summed E-state index contributed by atoms with van der Waals surface area (Å²) in [5, 5.41) is 9.22. The lowest BCUT2D eigenvalue weighted by Crippen LogP contribution is -2.54. The van der Waals surface area contributed by atoms with Crippen molar-refractivity contribution in [2.75, 3.05) is 7.05 Å². The highest BCUT2D eigenvalue weighted by molar-refractivity contribution is 6.10. The Balaban J connectivity index is 1.58. The van der Waals surface area contributed by atoms with Crippen LogP contribution in [0.1, 0.15) is 41.8 Å². The number of nitrogens with zero attached hydrogens (tertiary/aromatic N) is 2. The summed E-state index contributed by atoms with van der Waals surface area (Å²) >= 11 is 0. The van der Waals surface area contributed by atoms with Crippen molar-refractivity contribution in [1.29, 1.82) is 5.26 Å². The summed E-state index contributed by atoms with van der Waals surface area (Å²) in [6.45, 7) is 4.32. The van der Waals surface area contributed by atoms with Crippen LogP contribution < -0.4 is 4.74 Å². The van der Waals surface area contributed by atoms with Crippen molar-refractivity contribution in [2.45, 2.75) is 26.0 Å². The van der Waals surface area contributed by atoms with E-state index in [1.165, 1.54) is 0 Å². The van der Waals surface area contributed by atoms with Gasteiger partial charge in [0.15, 0.2) is 5.78 Å². The average Bonchev–Trinajstić information content (AvgIpc) is 2.99. The molecule has 2 aliphatic heterocycles. The van der Waals surface area contributed by atoms with Gasteiger partial charge in [0.1, 0.15) is 5.75 Å². The van der Waals surface area contributed by atoms with Crippen LogP contribution in [0, 0.1) is 16.7 Å². The van der Waals surface area contributed by atoms with Gasteiger partial charge in [-0.3, -0.25) is 4.79 Å². The molecular formula is C28H24N2O2. The number of fused-ring (bicyclic) bond motifs is 2. The third-order valence-corrected chi connectivity index (χ3v) is 6.84. The highest BCUT2D eigenvalue weighted by Gasteiger charge is 2.59. The topological polar surface area (TPSA) is 53.3 Å². The number of allylic oxidation sites excluding steroid dienone is 5. The lowest BCUT2D eigenvalue weighted by atomic mass is 9.75. The summed E-state index contributed by atoms with van der Waals surface area (Å²) in [7, 11) is 2.04. The summed E-state index contributed by atoms with van der Waals surface area (Å²) in [5.74, 6) is 0.779. The molecule has 32 heavy (non-hydrogen) atoms. The molecule has 1 fully saturated rings. The molecule has 0 bridgehead atoms. The largest absolute Gasteiger partial charge is 0.463 e. The maximum atomic E-state index is 13.2. The van der Waals surface area contributed by atoms with Crippen LogP contribution in [0.25, 0.3) is 6.08 Å². The standard InChI is InChI=1S/C28H24N2O2/c1-27(2)23-17-22(26(31)20-8-5-4-6-9-20)10-7-11-24(23)30(3)28(27)15-14-21-16-19(18-29)12-13-25(21)32-28/h4-6,8-17H,7H2,1-3H3. The van der Waals surface area contributed by atoms with Gasteiger partial charge in [-0.15, -0.1) is 0 Å². The second kappa shape index (κ2) is 7.10. The van der Waals surface area contributed by atoms with Crippen LogP contribution in [0.5, 0.6) is 5.75 Å². The molecule has 1 unspecified atom stereocenters. The summed E-state index contributed by atoms with van der Waals surface area (Å²) < 4.78 is 6.66. The van der Waals surface area contributed by atoms with Gasteiger partial charge in [0.2, 0.25) is 5.72 Å². The molecule has 2 aromatic rings. The van der Waals surface area contributed by atoms with Crippen molar-refractivity contribution in [2.24, 2.45) is 5.41 Å². The lowest BCUT2D eigenvalue weighted by molar-refractivity contribution is -0.0549. The van der Waals surface area contributed by atoms with Crippen LogP contribution in [0.15, 0.2) is 89.7 Å². The number of ether oxygens (including phenoxy) is 1. The van der Waals surface area contributed by atoms with E-state index in [2.05, 4.69) is 37.0 Å². The summed E-state index contributed by atoms with van der Waals surface area (Å²) in [4.78, 5) is 15.4. The van der Waals surface area contributed by atoms with E-state index in [1.807, 2.05) is 67.7 Å². The number of benzene rings is 2. The highest BCUT2D eigenvalue weighted by Crippen LogP contribution is 2.57. The van der Waals surface area contributed by atoms with Crippen LogP contribution in [0.2, 0.25) is 0 Å². The number of likely N-dealkylation sites (N-methyl/N-ethyl adjacent to an activating group) is 1. The van der Waals surface area contributed by atoms with E-state index in [0.717, 1.165) is 22.6 Å². The molecule has 3 aliphatic rings. The van der Waals surface area contributed by atoms with Gasteiger partial charge < -0.3 is 9.64 Å². The lowest BCUT2D eigenvalue weighted by Gasteiger charge is -2.45. The number of ketones is 1. The van der Waals surface area contributed by atoms with E-state index >= 15 is 0 Å². The fourth-order valence-electron chi connectivity index (χ4n) is 4.98. The Labute approximate surface area is 188 Å². The predicted octanol–water partition coefficient (Wildman–Crippen LogP) is 5.66. The van der Waals surface area contributed by atoms with Crippen LogP contribution in [-0.4, -0.2) is 23.5 Å². The first-order valence-corrected chi connectivity index (χ1v) is 10.8. The first-order chi connectivity index (χ1) is 15.4. The maximum absolute atomic E-state index is 13.2. The normalized spacial score (nSPS) is 22.6. The Bertz CT molecular complexity index is 1290. The van der Waals surface area contributed by atoms with Crippen LogP contribution in [-0.2, 0) is 0 Å². The van der Waals surface area contributed by atoms with Crippen molar-refractivity contribution in [3.8, 4) is 11.8 Å². The zero-order chi connectivity index (χ0) is 22.5. The Kier molecular flexibility index (Phi) is 4.46. The van der Waals surface area contributed by atoms with E-state index in [0.29, 0.717) is 23.1 Å². The van der Waals surface area contributed by atoms with Crippen molar-refractivity contribution < 1.29 is 9.53 Å². The van der Waals surface area contributed by atoms with E-state index in [-0.39, 0.29) is 5.78 Å². The van der Waals surface area contributed by atoms with E-state index < -0.39 is 11.1 Å². The zero-order valence-corrected chi connectivity index (χ0v) is 18.4. The van der Waals surface area contributed by atoms with Gasteiger partial charge in [-0.05, 0) is 62.3 Å². The number of nitriles is 1. The molecule has 0 amide bonds. The van der Waals surface area contributed by atoms with Gasteiger partial charge in [0, 0.05) is 29.4 Å². The average molecular weight is 421 g/mol. The molecule has 0 N–H and O–H groups in total. The smallest absolute Gasteiger partial charge is 0.211 e. The molecule has 4 heteroatoms. The Morgan fingerprint density at radius 3 is 2.66 bits per heavy atom. The Morgan fingerprint density at radius 2 is 1.91 bits per heavy atom. The molecule has 0 saturated carbocycles. The number of hydrogen-bond donors (Lipinski definition) is 0. The molecule has 1 saturated heterocycles. The number of carbonyl (C=O) groups excluding carboxylic acids is 1. The molecule has 2 heterocycles. The van der Waals surface area contributed by atoms with E-state index in [4.69, 9.17) is 4.74 Å².